The lowest BCUT2D eigenvalue weighted by Crippen LogP contribution is -2.22. The number of benzene rings is 2. The monoisotopic (exact) mass is 397 g/mol. The van der Waals surface area contributed by atoms with Crippen molar-refractivity contribution in [3.8, 4) is 23.1 Å². The second-order valence-electron chi connectivity index (χ2n) is 6.74. The predicted molar refractivity (Wildman–Crippen MR) is 112 cm³/mol. The molecule has 2 aromatic carbocycles. The van der Waals surface area contributed by atoms with Gasteiger partial charge in [0.15, 0.2) is 0 Å². The Kier molecular flexibility index (Phi) is 5.34. The standard InChI is InChI=1S/C21H23N3O3S/c1-5-24-20-12-17(27-4)9-10-18(20)19(13-22)21(24)15-7-6-8-16(11-15)23-28(25,26)14(2)3/h6-12,14,23H,5H2,1-4H3. The van der Waals surface area contributed by atoms with Crippen molar-refractivity contribution in [1.82, 2.24) is 4.57 Å². The maximum atomic E-state index is 12.2. The molecule has 0 bridgehead atoms. The van der Waals surface area contributed by atoms with E-state index in [0.717, 1.165) is 22.2 Å². The molecule has 7 heteroatoms. The second kappa shape index (κ2) is 7.56. The number of aryl methyl sites for hydroxylation is 1. The average molecular weight is 398 g/mol. The first-order chi connectivity index (χ1) is 13.3. The van der Waals surface area contributed by atoms with Crippen molar-refractivity contribution in [2.24, 2.45) is 0 Å². The van der Waals surface area contributed by atoms with Crippen LogP contribution in [0.1, 0.15) is 26.3 Å². The largest absolute Gasteiger partial charge is 0.497 e. The number of rotatable bonds is 6. The highest BCUT2D eigenvalue weighted by Gasteiger charge is 2.20. The van der Waals surface area contributed by atoms with Crippen LogP contribution in [0, 0.1) is 11.3 Å². The molecule has 0 aliphatic heterocycles. The van der Waals surface area contributed by atoms with Crippen LogP contribution in [-0.4, -0.2) is 25.3 Å². The number of nitrogens with one attached hydrogen (secondary N) is 1. The van der Waals surface area contributed by atoms with Gasteiger partial charge in [0.25, 0.3) is 0 Å². The highest BCUT2D eigenvalue weighted by molar-refractivity contribution is 7.93. The molecule has 0 saturated heterocycles. The van der Waals surface area contributed by atoms with Crippen LogP contribution in [0.2, 0.25) is 0 Å². The Morgan fingerprint density at radius 2 is 1.96 bits per heavy atom. The quantitative estimate of drug-likeness (QED) is 0.670. The van der Waals surface area contributed by atoms with Crippen molar-refractivity contribution in [3.63, 3.8) is 0 Å². The van der Waals surface area contributed by atoms with Crippen molar-refractivity contribution in [2.45, 2.75) is 32.6 Å². The van der Waals surface area contributed by atoms with E-state index < -0.39 is 15.3 Å². The van der Waals surface area contributed by atoms with Crippen molar-refractivity contribution < 1.29 is 13.2 Å². The van der Waals surface area contributed by atoms with Crippen LogP contribution >= 0.6 is 0 Å². The average Bonchev–Trinajstić information content (AvgIpc) is 3.00. The van der Waals surface area contributed by atoms with Gasteiger partial charge < -0.3 is 9.30 Å². The topological polar surface area (TPSA) is 84.1 Å². The van der Waals surface area contributed by atoms with E-state index in [1.165, 1.54) is 0 Å². The van der Waals surface area contributed by atoms with Crippen molar-refractivity contribution >= 4 is 26.6 Å². The van der Waals surface area contributed by atoms with Crippen LogP contribution in [0.4, 0.5) is 5.69 Å². The van der Waals surface area contributed by atoms with Crippen LogP contribution in [0.5, 0.6) is 5.75 Å². The first-order valence-electron chi connectivity index (χ1n) is 9.04. The summed E-state index contributed by atoms with van der Waals surface area (Å²) in [7, 11) is -1.85. The van der Waals surface area contributed by atoms with E-state index in [9.17, 15) is 13.7 Å². The number of hydrogen-bond acceptors (Lipinski definition) is 4. The third-order valence-corrected chi connectivity index (χ3v) is 6.48. The van der Waals surface area contributed by atoms with E-state index in [-0.39, 0.29) is 0 Å². The second-order valence-corrected chi connectivity index (χ2v) is 8.98. The SMILES string of the molecule is CCn1c(-c2cccc(NS(=O)(=O)C(C)C)c2)c(C#N)c2ccc(OC)cc21. The summed E-state index contributed by atoms with van der Waals surface area (Å²) in [6.45, 7) is 5.92. The zero-order valence-electron chi connectivity index (χ0n) is 16.4. The molecule has 6 nitrogen and oxygen atoms in total. The van der Waals surface area contributed by atoms with E-state index in [2.05, 4.69) is 10.8 Å². The predicted octanol–water partition coefficient (Wildman–Crippen LogP) is 4.36. The Bertz CT molecular complexity index is 1170. The van der Waals surface area contributed by atoms with Gasteiger partial charge in [0, 0.05) is 29.2 Å². The molecule has 3 aromatic rings. The summed E-state index contributed by atoms with van der Waals surface area (Å²) in [5, 5.41) is 10.1. The molecular weight excluding hydrogens is 374 g/mol. The number of ether oxygens (including phenoxy) is 1. The molecule has 0 fully saturated rings. The van der Waals surface area contributed by atoms with Gasteiger partial charge in [-0.1, -0.05) is 12.1 Å². The third-order valence-electron chi connectivity index (χ3n) is 4.72. The lowest BCUT2D eigenvalue weighted by atomic mass is 10.1. The van der Waals surface area contributed by atoms with E-state index in [1.807, 2.05) is 35.8 Å². The molecule has 1 heterocycles. The fourth-order valence-corrected chi connectivity index (χ4v) is 3.90. The number of sulfonamides is 1. The fraction of sp³-hybridized carbons (Fsp3) is 0.286. The van der Waals surface area contributed by atoms with Gasteiger partial charge >= 0.3 is 0 Å². The number of nitriles is 1. The Hall–Kier alpha value is -2.98. The van der Waals surface area contributed by atoms with E-state index in [1.54, 1.807) is 39.2 Å². The minimum atomic E-state index is -3.45. The Balaban J connectivity index is 2.21. The molecule has 1 N–H and O–H groups in total. The molecule has 0 spiro atoms. The molecule has 0 atom stereocenters. The number of anilines is 1. The van der Waals surface area contributed by atoms with Crippen molar-refractivity contribution in [3.05, 3.63) is 48.0 Å². The summed E-state index contributed by atoms with van der Waals surface area (Å²) in [6.07, 6.45) is 0. The molecule has 28 heavy (non-hydrogen) atoms. The highest BCUT2D eigenvalue weighted by Crippen LogP contribution is 2.36. The van der Waals surface area contributed by atoms with Crippen molar-refractivity contribution in [2.75, 3.05) is 11.8 Å². The van der Waals surface area contributed by atoms with Crippen LogP contribution in [0.25, 0.3) is 22.2 Å². The summed E-state index contributed by atoms with van der Waals surface area (Å²) < 4.78 is 34.4. The zero-order chi connectivity index (χ0) is 20.5. The number of nitrogens with zero attached hydrogens (tertiary/aromatic N) is 2. The van der Waals surface area contributed by atoms with Gasteiger partial charge in [-0.05, 0) is 45.0 Å². The van der Waals surface area contributed by atoms with E-state index in [0.29, 0.717) is 23.5 Å². The summed E-state index contributed by atoms with van der Waals surface area (Å²) in [6, 6.07) is 15.1. The van der Waals surface area contributed by atoms with Crippen LogP contribution < -0.4 is 9.46 Å². The van der Waals surface area contributed by atoms with Gasteiger partial charge in [-0.25, -0.2) is 8.42 Å². The normalized spacial score (nSPS) is 11.6. The minimum absolute atomic E-state index is 0.473. The first kappa shape index (κ1) is 19.8. The smallest absolute Gasteiger partial charge is 0.235 e. The van der Waals surface area contributed by atoms with Gasteiger partial charge in [-0.2, -0.15) is 5.26 Å². The molecule has 0 saturated carbocycles. The zero-order valence-corrected chi connectivity index (χ0v) is 17.2. The van der Waals surface area contributed by atoms with Crippen LogP contribution in [0.3, 0.4) is 0 Å². The highest BCUT2D eigenvalue weighted by atomic mass is 32.2. The van der Waals surface area contributed by atoms with Crippen molar-refractivity contribution in [1.29, 1.82) is 5.26 Å². The van der Waals surface area contributed by atoms with Gasteiger partial charge in [-0.3, -0.25) is 4.72 Å². The summed E-state index contributed by atoms with van der Waals surface area (Å²) in [4.78, 5) is 0. The van der Waals surface area contributed by atoms with Crippen LogP contribution in [-0.2, 0) is 16.6 Å². The molecule has 1 aromatic heterocycles. The van der Waals surface area contributed by atoms with Gasteiger partial charge in [0.1, 0.15) is 11.8 Å². The summed E-state index contributed by atoms with van der Waals surface area (Å²) in [5.41, 5.74) is 3.47. The molecule has 0 aliphatic rings. The molecule has 0 radical (unpaired) electrons. The number of aromatic nitrogens is 1. The fourth-order valence-electron chi connectivity index (χ4n) is 3.21. The molecule has 146 valence electrons. The molecule has 0 aliphatic carbocycles. The first-order valence-corrected chi connectivity index (χ1v) is 10.6. The Morgan fingerprint density at radius 1 is 1.21 bits per heavy atom. The summed E-state index contributed by atoms with van der Waals surface area (Å²) in [5.74, 6) is 0.717. The number of fused-ring (bicyclic) bond motifs is 1. The third kappa shape index (κ3) is 3.43. The molecular formula is C21H23N3O3S. The Morgan fingerprint density at radius 3 is 2.57 bits per heavy atom. The van der Waals surface area contributed by atoms with E-state index in [4.69, 9.17) is 4.74 Å². The van der Waals surface area contributed by atoms with Crippen LogP contribution in [0.15, 0.2) is 42.5 Å². The molecule has 0 unspecified atom stereocenters. The number of hydrogen-bond donors (Lipinski definition) is 1. The van der Waals surface area contributed by atoms with Gasteiger partial charge in [0.2, 0.25) is 10.0 Å². The number of methoxy groups -OCH3 is 1. The maximum Gasteiger partial charge on any atom is 0.235 e. The lowest BCUT2D eigenvalue weighted by molar-refractivity contribution is 0.415. The minimum Gasteiger partial charge on any atom is -0.497 e. The van der Waals surface area contributed by atoms with E-state index >= 15 is 0 Å². The Labute approximate surface area is 165 Å². The van der Waals surface area contributed by atoms with Gasteiger partial charge in [0.05, 0.1) is 29.1 Å². The molecule has 0 amide bonds. The van der Waals surface area contributed by atoms with Gasteiger partial charge in [-0.15, -0.1) is 0 Å². The lowest BCUT2D eigenvalue weighted by Gasteiger charge is -2.13. The molecule has 3 rings (SSSR count). The maximum absolute atomic E-state index is 12.2. The summed E-state index contributed by atoms with van der Waals surface area (Å²) >= 11 is 0.